The van der Waals surface area contributed by atoms with Gasteiger partial charge >= 0.3 is 0 Å². The fourth-order valence-electron chi connectivity index (χ4n) is 3.59. The Bertz CT molecular complexity index is 1450. The van der Waals surface area contributed by atoms with E-state index in [-0.39, 0.29) is 17.3 Å². The second-order valence-corrected chi connectivity index (χ2v) is 8.01. The van der Waals surface area contributed by atoms with E-state index in [1.54, 1.807) is 68.6 Å². The Morgan fingerprint density at radius 1 is 1.08 bits per heavy atom. The second kappa shape index (κ2) is 12.9. The monoisotopic (exact) mass is 531 g/mol. The van der Waals surface area contributed by atoms with E-state index in [4.69, 9.17) is 24.4 Å². The predicted octanol–water partition coefficient (Wildman–Crippen LogP) is 3.76. The van der Waals surface area contributed by atoms with E-state index in [9.17, 15) is 4.79 Å². The molecule has 0 atom stereocenters. The van der Waals surface area contributed by atoms with Crippen molar-refractivity contribution in [1.82, 2.24) is 25.1 Å². The number of anilines is 1. The summed E-state index contributed by atoms with van der Waals surface area (Å²) in [7, 11) is 3.12. The Morgan fingerprint density at radius 3 is 2.59 bits per heavy atom. The minimum Gasteiger partial charge on any atom is -0.493 e. The van der Waals surface area contributed by atoms with Crippen molar-refractivity contribution in [2.75, 3.05) is 32.7 Å². The Balaban J connectivity index is 1.39. The topological polar surface area (TPSA) is 146 Å². The van der Waals surface area contributed by atoms with Crippen LogP contribution in [0.2, 0.25) is 0 Å². The highest BCUT2D eigenvalue weighted by Crippen LogP contribution is 2.36. The molecule has 1 aromatic carbocycles. The molecule has 0 aliphatic carbocycles. The van der Waals surface area contributed by atoms with E-state index < -0.39 is 5.91 Å². The molecule has 12 heteroatoms. The number of fused-ring (bicyclic) bond motifs is 1. The van der Waals surface area contributed by atoms with Crippen LogP contribution < -0.4 is 24.8 Å². The molecule has 4 rings (SSSR count). The van der Waals surface area contributed by atoms with Gasteiger partial charge in [0.05, 0.1) is 39.1 Å². The molecule has 1 amide bonds. The molecule has 0 spiro atoms. The van der Waals surface area contributed by atoms with E-state index in [0.717, 1.165) is 5.39 Å². The van der Waals surface area contributed by atoms with Crippen molar-refractivity contribution in [2.24, 2.45) is 0 Å². The molecule has 0 radical (unpaired) electrons. The molecule has 0 unspecified atom stereocenters. The number of nitrogens with one attached hydrogen (secondary N) is 3. The first kappa shape index (κ1) is 26.9. The fourth-order valence-corrected chi connectivity index (χ4v) is 3.59. The summed E-state index contributed by atoms with van der Waals surface area (Å²) in [5, 5.41) is 18.8. The molecular formula is C27H29N7O5. The van der Waals surface area contributed by atoms with E-state index in [2.05, 4.69) is 25.7 Å². The van der Waals surface area contributed by atoms with Crippen LogP contribution in [0.3, 0.4) is 0 Å². The molecule has 0 saturated heterocycles. The number of rotatable bonds is 13. The number of nitrogens with zero attached hydrogens (tertiary/aromatic N) is 4. The van der Waals surface area contributed by atoms with Gasteiger partial charge in [-0.2, -0.15) is 5.10 Å². The number of carbonyl (C=O) groups is 1. The normalized spacial score (nSPS) is 11.1. The maximum atomic E-state index is 12.7. The number of amides is 1. The molecule has 4 aromatic rings. The summed E-state index contributed by atoms with van der Waals surface area (Å²) in [5.41, 5.74) is 0.340. The largest absolute Gasteiger partial charge is 0.493 e. The van der Waals surface area contributed by atoms with Crippen LogP contribution in [0.1, 0.15) is 6.92 Å². The molecule has 0 aliphatic heterocycles. The van der Waals surface area contributed by atoms with Gasteiger partial charge in [0.2, 0.25) is 0 Å². The van der Waals surface area contributed by atoms with E-state index in [1.807, 2.05) is 12.3 Å². The van der Waals surface area contributed by atoms with Gasteiger partial charge in [-0.1, -0.05) is 0 Å². The van der Waals surface area contributed by atoms with Gasteiger partial charge in [-0.05, 0) is 37.3 Å². The molecule has 3 heterocycles. The highest BCUT2D eigenvalue weighted by Gasteiger charge is 2.17. The van der Waals surface area contributed by atoms with E-state index in [0.29, 0.717) is 48.2 Å². The first-order valence-corrected chi connectivity index (χ1v) is 12.1. The summed E-state index contributed by atoms with van der Waals surface area (Å²) >= 11 is 0. The maximum Gasteiger partial charge on any atom is 0.278 e. The van der Waals surface area contributed by atoms with Gasteiger partial charge < -0.3 is 29.6 Å². The third-order valence-corrected chi connectivity index (χ3v) is 5.46. The number of aromatic nitrogens is 4. The summed E-state index contributed by atoms with van der Waals surface area (Å²) < 4.78 is 24.0. The van der Waals surface area contributed by atoms with Crippen LogP contribution in [-0.4, -0.2) is 58.7 Å². The molecule has 0 saturated carbocycles. The van der Waals surface area contributed by atoms with Gasteiger partial charge in [0.1, 0.15) is 17.3 Å². The summed E-state index contributed by atoms with van der Waals surface area (Å²) in [6.45, 7) is 3.25. The molecule has 3 N–H and O–H groups in total. The summed E-state index contributed by atoms with van der Waals surface area (Å²) in [4.78, 5) is 21.3. The number of carbonyl (C=O) groups excluding carboxylic acids is 1. The molecule has 12 nitrogen and oxygen atoms in total. The average Bonchev–Trinajstić information content (AvgIpc) is 3.48. The van der Waals surface area contributed by atoms with Crippen molar-refractivity contribution in [3.05, 3.63) is 73.1 Å². The zero-order valence-electron chi connectivity index (χ0n) is 21.8. The molecule has 0 fully saturated rings. The maximum absolute atomic E-state index is 12.7. The predicted molar refractivity (Wildman–Crippen MR) is 145 cm³/mol. The fraction of sp³-hybridized carbons (Fsp3) is 0.222. The Labute approximate surface area is 225 Å². The minimum absolute atomic E-state index is 0.118. The van der Waals surface area contributed by atoms with Crippen LogP contribution >= 0.6 is 0 Å². The van der Waals surface area contributed by atoms with E-state index >= 15 is 0 Å². The van der Waals surface area contributed by atoms with Crippen molar-refractivity contribution < 1.29 is 23.7 Å². The molecular weight excluding hydrogens is 502 g/mol. The average molecular weight is 532 g/mol. The summed E-state index contributed by atoms with van der Waals surface area (Å²) in [6, 6.07) is 10.4. The molecule has 0 bridgehead atoms. The number of benzene rings is 1. The summed E-state index contributed by atoms with van der Waals surface area (Å²) in [6.07, 6.45) is 8.16. The zero-order chi connectivity index (χ0) is 27.6. The molecule has 3 aromatic heterocycles. The number of pyridine rings is 2. The first-order valence-electron chi connectivity index (χ1n) is 12.1. The van der Waals surface area contributed by atoms with Gasteiger partial charge in [-0.3, -0.25) is 19.9 Å². The van der Waals surface area contributed by atoms with Gasteiger partial charge in [0, 0.05) is 42.8 Å². The number of methoxy groups -OCH3 is 2. The second-order valence-electron chi connectivity index (χ2n) is 8.01. The standard InChI is InChI=1S/C27H29N7O5/c1-4-38-24(17-29-11-13-34-12-5-9-32-34)26(28)27(35)33-25-7-6-18(16-31-25)39-21-8-10-30-20-15-23(37-3)22(36-2)14-19(20)21/h5-10,12,14-17,28-29H,4,11,13H2,1-3H3,(H,31,33,35)/b24-17+,28-26?. The molecule has 202 valence electrons. The van der Waals surface area contributed by atoms with Crippen LogP contribution in [0.15, 0.2) is 73.1 Å². The van der Waals surface area contributed by atoms with Crippen LogP contribution in [0.4, 0.5) is 5.82 Å². The Hall–Kier alpha value is -5.13. The third-order valence-electron chi connectivity index (χ3n) is 5.46. The van der Waals surface area contributed by atoms with Gasteiger partial charge in [-0.15, -0.1) is 0 Å². The Kier molecular flexibility index (Phi) is 8.91. The van der Waals surface area contributed by atoms with Gasteiger partial charge in [-0.25, -0.2) is 4.98 Å². The van der Waals surface area contributed by atoms with Crippen molar-refractivity contribution in [2.45, 2.75) is 13.5 Å². The van der Waals surface area contributed by atoms with Crippen molar-refractivity contribution in [3.8, 4) is 23.0 Å². The summed E-state index contributed by atoms with van der Waals surface area (Å²) in [5.74, 6) is 1.82. The lowest BCUT2D eigenvalue weighted by atomic mass is 10.2. The third kappa shape index (κ3) is 6.80. The lowest BCUT2D eigenvalue weighted by molar-refractivity contribution is -0.110. The number of hydrogen-bond acceptors (Lipinski definition) is 10. The van der Waals surface area contributed by atoms with Crippen molar-refractivity contribution in [1.29, 1.82) is 5.41 Å². The van der Waals surface area contributed by atoms with Gasteiger partial charge in [0.15, 0.2) is 23.0 Å². The van der Waals surface area contributed by atoms with Crippen LogP contribution in [0.25, 0.3) is 10.9 Å². The number of hydrogen-bond donors (Lipinski definition) is 3. The smallest absolute Gasteiger partial charge is 0.278 e. The zero-order valence-corrected chi connectivity index (χ0v) is 21.8. The SMILES string of the molecule is CCO/C(=C/NCCn1cccn1)C(=N)C(=O)Nc1ccc(Oc2ccnc3cc(OC)c(OC)cc23)cn1. The number of ether oxygens (including phenoxy) is 4. The van der Waals surface area contributed by atoms with Crippen molar-refractivity contribution in [3.63, 3.8) is 0 Å². The van der Waals surface area contributed by atoms with Crippen LogP contribution in [0, 0.1) is 5.41 Å². The van der Waals surface area contributed by atoms with Crippen LogP contribution in [0.5, 0.6) is 23.0 Å². The lowest BCUT2D eigenvalue weighted by Gasteiger charge is -2.13. The Morgan fingerprint density at radius 2 is 1.90 bits per heavy atom. The quantitative estimate of drug-likeness (QED) is 0.133. The van der Waals surface area contributed by atoms with Crippen LogP contribution in [-0.2, 0) is 16.1 Å². The molecule has 0 aliphatic rings. The minimum atomic E-state index is -0.661. The van der Waals surface area contributed by atoms with Gasteiger partial charge in [0.25, 0.3) is 5.91 Å². The highest BCUT2D eigenvalue weighted by atomic mass is 16.5. The first-order chi connectivity index (χ1) is 19.0. The molecule has 39 heavy (non-hydrogen) atoms. The van der Waals surface area contributed by atoms with Crippen molar-refractivity contribution >= 4 is 28.3 Å². The van der Waals surface area contributed by atoms with E-state index in [1.165, 1.54) is 12.4 Å². The highest BCUT2D eigenvalue weighted by molar-refractivity contribution is 6.47. The lowest BCUT2D eigenvalue weighted by Crippen LogP contribution is -2.27.